The molecule has 5 heteroatoms. The van der Waals surface area contributed by atoms with Crippen LogP contribution in [0.4, 0.5) is 10.1 Å². The summed E-state index contributed by atoms with van der Waals surface area (Å²) in [7, 11) is 0. The van der Waals surface area contributed by atoms with Gasteiger partial charge in [0.2, 0.25) is 5.91 Å². The number of piperidine rings is 1. The molecule has 4 nitrogen and oxygen atoms in total. The fourth-order valence-corrected chi connectivity index (χ4v) is 4.35. The van der Waals surface area contributed by atoms with Crippen molar-refractivity contribution < 1.29 is 9.18 Å². The Morgan fingerprint density at radius 1 is 0.929 bits per heavy atom. The Bertz CT molecular complexity index is 789. The molecule has 1 atom stereocenters. The van der Waals surface area contributed by atoms with Gasteiger partial charge >= 0.3 is 0 Å². The van der Waals surface area contributed by atoms with E-state index in [1.165, 1.54) is 11.8 Å². The minimum absolute atomic E-state index is 0.0313. The number of nitrogens with zero attached hydrogens (tertiary/aromatic N) is 3. The van der Waals surface area contributed by atoms with Crippen LogP contribution in [0.5, 0.6) is 0 Å². The lowest BCUT2D eigenvalue weighted by molar-refractivity contribution is -0.137. The van der Waals surface area contributed by atoms with Crippen molar-refractivity contribution in [3.63, 3.8) is 0 Å². The molecule has 2 fully saturated rings. The molecule has 1 amide bonds. The molecule has 4 rings (SSSR count). The number of hydrogen-bond acceptors (Lipinski definition) is 3. The second-order valence-corrected chi connectivity index (χ2v) is 7.81. The quantitative estimate of drug-likeness (QED) is 0.812. The van der Waals surface area contributed by atoms with E-state index in [-0.39, 0.29) is 17.6 Å². The first-order valence-electron chi connectivity index (χ1n) is 10.3. The van der Waals surface area contributed by atoms with Gasteiger partial charge in [-0.05, 0) is 37.6 Å². The molecule has 0 radical (unpaired) electrons. The van der Waals surface area contributed by atoms with E-state index in [1.807, 2.05) is 23.1 Å². The summed E-state index contributed by atoms with van der Waals surface area (Å²) < 4.78 is 14.0. The molecular weight excluding hydrogens is 353 g/mol. The molecule has 0 saturated carbocycles. The molecule has 148 valence electrons. The Labute approximate surface area is 166 Å². The molecule has 0 aliphatic carbocycles. The molecule has 0 N–H and O–H groups in total. The van der Waals surface area contributed by atoms with E-state index in [1.54, 1.807) is 6.07 Å². The molecule has 2 aliphatic rings. The van der Waals surface area contributed by atoms with E-state index >= 15 is 0 Å². The molecule has 28 heavy (non-hydrogen) atoms. The molecule has 2 aromatic carbocycles. The molecule has 2 aliphatic heterocycles. The number of carbonyl (C=O) groups is 1. The first kappa shape index (κ1) is 18.9. The Kier molecular flexibility index (Phi) is 5.91. The van der Waals surface area contributed by atoms with Crippen molar-refractivity contribution in [2.24, 2.45) is 5.92 Å². The van der Waals surface area contributed by atoms with Crippen molar-refractivity contribution in [1.82, 2.24) is 9.80 Å². The Balaban J connectivity index is 1.32. The van der Waals surface area contributed by atoms with E-state index in [4.69, 9.17) is 0 Å². The third-order valence-corrected chi connectivity index (χ3v) is 5.92. The van der Waals surface area contributed by atoms with Crippen molar-refractivity contribution in [3.8, 4) is 0 Å². The van der Waals surface area contributed by atoms with Crippen LogP contribution in [0.2, 0.25) is 0 Å². The van der Waals surface area contributed by atoms with Gasteiger partial charge in [-0.25, -0.2) is 4.39 Å². The zero-order valence-electron chi connectivity index (χ0n) is 16.3. The molecule has 1 unspecified atom stereocenters. The molecule has 2 aromatic rings. The van der Waals surface area contributed by atoms with Gasteiger partial charge in [0.25, 0.3) is 0 Å². The third-order valence-electron chi connectivity index (χ3n) is 5.92. The van der Waals surface area contributed by atoms with Crippen molar-refractivity contribution in [1.29, 1.82) is 0 Å². The van der Waals surface area contributed by atoms with Crippen molar-refractivity contribution in [2.45, 2.75) is 19.4 Å². The number of amides is 1. The predicted molar refractivity (Wildman–Crippen MR) is 110 cm³/mol. The first-order valence-corrected chi connectivity index (χ1v) is 10.3. The highest BCUT2D eigenvalue weighted by molar-refractivity contribution is 5.79. The highest BCUT2D eigenvalue weighted by Crippen LogP contribution is 2.23. The van der Waals surface area contributed by atoms with Crippen molar-refractivity contribution in [3.05, 3.63) is 66.0 Å². The minimum atomic E-state index is -0.159. The van der Waals surface area contributed by atoms with Crippen LogP contribution < -0.4 is 4.90 Å². The van der Waals surface area contributed by atoms with Gasteiger partial charge in [-0.15, -0.1) is 0 Å². The normalized spacial score (nSPS) is 21.0. The lowest BCUT2D eigenvalue weighted by atomic mass is 9.95. The van der Waals surface area contributed by atoms with Gasteiger partial charge in [0, 0.05) is 50.5 Å². The summed E-state index contributed by atoms with van der Waals surface area (Å²) >= 11 is 0. The van der Waals surface area contributed by atoms with Gasteiger partial charge in [0.1, 0.15) is 5.82 Å². The van der Waals surface area contributed by atoms with Crippen LogP contribution in [0.3, 0.4) is 0 Å². The maximum Gasteiger partial charge on any atom is 0.227 e. The average molecular weight is 381 g/mol. The van der Waals surface area contributed by atoms with E-state index in [0.717, 1.165) is 52.1 Å². The molecular formula is C23H28FN3O. The number of carbonyl (C=O) groups excluding carboxylic acids is 1. The van der Waals surface area contributed by atoms with Crippen LogP contribution in [-0.4, -0.2) is 55.0 Å². The molecule has 2 heterocycles. The largest absolute Gasteiger partial charge is 0.368 e. The summed E-state index contributed by atoms with van der Waals surface area (Å²) in [5.41, 5.74) is 1.94. The van der Waals surface area contributed by atoms with Gasteiger partial charge < -0.3 is 9.80 Å². The number of rotatable bonds is 4. The standard InChI is InChI=1S/C23H28FN3O/c24-22-11-5-4-7-19(22)17-25-12-6-8-20(18-25)23(28)27-15-13-26(14-16-27)21-9-2-1-3-10-21/h1-5,7,9-11,20H,6,8,12-18H2. The van der Waals surface area contributed by atoms with Gasteiger partial charge in [-0.3, -0.25) is 9.69 Å². The number of benzene rings is 2. The third kappa shape index (κ3) is 4.36. The van der Waals surface area contributed by atoms with Crippen LogP contribution in [-0.2, 0) is 11.3 Å². The SMILES string of the molecule is O=C(C1CCCN(Cc2ccccc2F)C1)N1CCN(c2ccccc2)CC1. The zero-order chi connectivity index (χ0) is 19.3. The number of anilines is 1. The number of hydrogen-bond donors (Lipinski definition) is 0. The van der Waals surface area contributed by atoms with Gasteiger partial charge in [0.15, 0.2) is 0 Å². The highest BCUT2D eigenvalue weighted by Gasteiger charge is 2.31. The fourth-order valence-electron chi connectivity index (χ4n) is 4.35. The number of halogens is 1. The van der Waals surface area contributed by atoms with Crippen LogP contribution in [0, 0.1) is 11.7 Å². The predicted octanol–water partition coefficient (Wildman–Crippen LogP) is 3.39. The topological polar surface area (TPSA) is 26.8 Å². The van der Waals surface area contributed by atoms with E-state index < -0.39 is 0 Å². The first-order chi connectivity index (χ1) is 13.7. The summed E-state index contributed by atoms with van der Waals surface area (Å²) in [6.07, 6.45) is 1.93. The zero-order valence-corrected chi connectivity index (χ0v) is 16.3. The lowest BCUT2D eigenvalue weighted by Gasteiger charge is -2.39. The summed E-state index contributed by atoms with van der Waals surface area (Å²) in [4.78, 5) is 19.7. The van der Waals surface area contributed by atoms with Crippen LogP contribution in [0.1, 0.15) is 18.4 Å². The van der Waals surface area contributed by atoms with Gasteiger partial charge in [0.05, 0.1) is 5.92 Å². The number of para-hydroxylation sites is 1. The number of likely N-dealkylation sites (tertiary alicyclic amines) is 1. The second kappa shape index (κ2) is 8.74. The molecule has 0 bridgehead atoms. The second-order valence-electron chi connectivity index (χ2n) is 7.81. The molecule has 0 spiro atoms. The van der Waals surface area contributed by atoms with Crippen molar-refractivity contribution >= 4 is 11.6 Å². The summed E-state index contributed by atoms with van der Waals surface area (Å²) in [6, 6.07) is 17.3. The molecule has 0 aromatic heterocycles. The average Bonchev–Trinajstić information content (AvgIpc) is 2.76. The fraction of sp³-hybridized carbons (Fsp3) is 0.435. The smallest absolute Gasteiger partial charge is 0.227 e. The van der Waals surface area contributed by atoms with Crippen molar-refractivity contribution in [2.75, 3.05) is 44.2 Å². The van der Waals surface area contributed by atoms with Crippen LogP contribution >= 0.6 is 0 Å². The summed E-state index contributed by atoms with van der Waals surface area (Å²) in [5, 5.41) is 0. The summed E-state index contributed by atoms with van der Waals surface area (Å²) in [6.45, 7) is 5.54. The minimum Gasteiger partial charge on any atom is -0.368 e. The summed E-state index contributed by atoms with van der Waals surface area (Å²) in [5.74, 6) is 0.141. The Morgan fingerprint density at radius 2 is 1.64 bits per heavy atom. The molecule has 2 saturated heterocycles. The van der Waals surface area contributed by atoms with E-state index in [2.05, 4.69) is 34.1 Å². The van der Waals surface area contributed by atoms with E-state index in [0.29, 0.717) is 12.1 Å². The van der Waals surface area contributed by atoms with E-state index in [9.17, 15) is 9.18 Å². The van der Waals surface area contributed by atoms with Crippen LogP contribution in [0.25, 0.3) is 0 Å². The maximum atomic E-state index is 14.0. The Hall–Kier alpha value is -2.40. The Morgan fingerprint density at radius 3 is 2.39 bits per heavy atom. The lowest BCUT2D eigenvalue weighted by Crippen LogP contribution is -2.52. The van der Waals surface area contributed by atoms with Gasteiger partial charge in [-0.1, -0.05) is 36.4 Å². The highest BCUT2D eigenvalue weighted by atomic mass is 19.1. The van der Waals surface area contributed by atoms with Gasteiger partial charge in [-0.2, -0.15) is 0 Å². The monoisotopic (exact) mass is 381 g/mol. The number of piperazine rings is 1. The van der Waals surface area contributed by atoms with Crippen LogP contribution in [0.15, 0.2) is 54.6 Å². The maximum absolute atomic E-state index is 14.0.